The predicted molar refractivity (Wildman–Crippen MR) is 107 cm³/mol. The third-order valence-electron chi connectivity index (χ3n) is 2.43. The fourth-order valence-corrected chi connectivity index (χ4v) is 13.7. The summed E-state index contributed by atoms with van der Waals surface area (Å²) in [7, 11) is -35.5. The molecule has 0 amide bonds. The lowest BCUT2D eigenvalue weighted by atomic mass is 10.9. The molecular formula is C7H18F8N6O4P6. The van der Waals surface area contributed by atoms with Crippen LogP contribution in [0.5, 0.6) is 0 Å². The molecule has 0 aliphatic carbocycles. The first-order valence-electron chi connectivity index (χ1n) is 7.88. The summed E-state index contributed by atoms with van der Waals surface area (Å²) >= 11 is 0. The summed E-state index contributed by atoms with van der Waals surface area (Å²) in [5, 5.41) is 0. The van der Waals surface area contributed by atoms with Crippen LogP contribution in [0.15, 0.2) is 27.1 Å². The Morgan fingerprint density at radius 2 is 0.806 bits per heavy atom. The Morgan fingerprint density at radius 3 is 1.23 bits per heavy atom. The van der Waals surface area contributed by atoms with Crippen molar-refractivity contribution in [2.75, 3.05) is 26.9 Å². The van der Waals surface area contributed by atoms with E-state index in [1.54, 1.807) is 4.52 Å². The average Bonchev–Trinajstić information content (AvgIpc) is 2.50. The molecule has 1 heterocycles. The van der Waals surface area contributed by atoms with Gasteiger partial charge in [-0.05, 0) is 20.8 Å². The van der Waals surface area contributed by atoms with Crippen molar-refractivity contribution in [1.29, 1.82) is 0 Å². The normalized spacial score (nSPS) is 37.9. The van der Waals surface area contributed by atoms with Crippen LogP contribution in [0.2, 0.25) is 0 Å². The maximum Gasteiger partial charge on any atom is 0.425 e. The molecule has 0 N–H and O–H groups in total. The summed E-state index contributed by atoms with van der Waals surface area (Å²) in [4.78, 5) is 0. The zero-order valence-corrected chi connectivity index (χ0v) is 21.5. The smallest absolute Gasteiger partial charge is 0.306 e. The van der Waals surface area contributed by atoms with Gasteiger partial charge in [0.05, 0.1) is 19.8 Å². The van der Waals surface area contributed by atoms with Crippen molar-refractivity contribution in [3.63, 3.8) is 0 Å². The number of rotatable bonds is 7. The molecule has 1 aliphatic heterocycles. The minimum Gasteiger partial charge on any atom is -0.306 e. The first-order valence-corrected chi connectivity index (χ1v) is 16.8. The minimum atomic E-state index is -6.65. The van der Waals surface area contributed by atoms with Crippen LogP contribution in [-0.4, -0.2) is 26.9 Å². The summed E-state index contributed by atoms with van der Waals surface area (Å²) in [5.41, 5.74) is 0. The van der Waals surface area contributed by atoms with E-state index in [0.717, 1.165) is 20.8 Å². The van der Waals surface area contributed by atoms with Gasteiger partial charge in [-0.1, -0.05) is 0 Å². The molecule has 10 nitrogen and oxygen atoms in total. The first-order chi connectivity index (χ1) is 14.0. The lowest BCUT2D eigenvalue weighted by Crippen LogP contribution is -1.88. The van der Waals surface area contributed by atoms with Gasteiger partial charge in [0.2, 0.25) is 0 Å². The molecule has 0 radical (unpaired) electrons. The van der Waals surface area contributed by atoms with E-state index in [9.17, 15) is 25.2 Å². The quantitative estimate of drug-likeness (QED) is 0.218. The zero-order chi connectivity index (χ0) is 24.2. The Hall–Kier alpha value is 0.660. The standard InChI is InChI=1S/C7H18F8N6O4P6/c1-5-23-29(13)17-26(8,9)16-27(10,11)18-30(14,24-6-2)21-31(15,25-7-3)20-28(12,19-29)22-4/h5-7H2,1-4H3. The fourth-order valence-electron chi connectivity index (χ4n) is 1.63. The van der Waals surface area contributed by atoms with E-state index in [0.29, 0.717) is 7.11 Å². The van der Waals surface area contributed by atoms with Gasteiger partial charge in [-0.15, -0.1) is 43.9 Å². The molecule has 1 aliphatic rings. The van der Waals surface area contributed by atoms with Gasteiger partial charge in [0.25, 0.3) is 0 Å². The van der Waals surface area contributed by atoms with E-state index in [2.05, 4.69) is 40.7 Å². The van der Waals surface area contributed by atoms with Crippen molar-refractivity contribution in [3.8, 4) is 0 Å². The summed E-state index contributed by atoms with van der Waals surface area (Å²) in [6.45, 7) is 1.20. The van der Waals surface area contributed by atoms with E-state index >= 15 is 8.39 Å². The Kier molecular flexibility index (Phi) is 10.5. The van der Waals surface area contributed by atoms with Crippen LogP contribution in [-0.2, 0) is 18.1 Å². The van der Waals surface area contributed by atoms with Crippen LogP contribution in [0.3, 0.4) is 0 Å². The maximum absolute atomic E-state index is 15.2. The SMILES string of the molecule is CCOP1(F)=NP(F)(F)=NP(F)(F)=NP(F)(OCC)=NP(F)(OCC)=NP(F)(OC)=N1. The zero-order valence-electron chi connectivity index (χ0n) is 16.1. The molecule has 0 aromatic carbocycles. The highest BCUT2D eigenvalue weighted by Crippen LogP contribution is 2.82. The highest BCUT2D eigenvalue weighted by Gasteiger charge is 2.41. The second-order valence-corrected chi connectivity index (χ2v) is 15.8. The van der Waals surface area contributed by atoms with Gasteiger partial charge < -0.3 is 18.1 Å². The van der Waals surface area contributed by atoms with E-state index in [-0.39, 0.29) is 0 Å². The highest BCUT2D eigenvalue weighted by molar-refractivity contribution is 7.78. The van der Waals surface area contributed by atoms with Crippen molar-refractivity contribution in [2.45, 2.75) is 20.8 Å². The molecule has 0 bridgehead atoms. The summed E-state index contributed by atoms with van der Waals surface area (Å²) in [6, 6.07) is 0. The van der Waals surface area contributed by atoms with E-state index in [4.69, 9.17) is 0 Å². The minimum absolute atomic E-state index is 0.515. The fraction of sp³-hybridized carbons (Fsp3) is 1.00. The second-order valence-electron chi connectivity index (χ2n) is 4.78. The van der Waals surface area contributed by atoms with E-state index in [1.165, 1.54) is 0 Å². The first kappa shape index (κ1) is 29.7. The van der Waals surface area contributed by atoms with Crippen molar-refractivity contribution < 1.29 is 51.7 Å². The van der Waals surface area contributed by atoms with Gasteiger partial charge in [-0.2, -0.15) is 16.8 Å². The summed E-state index contributed by atoms with van der Waals surface area (Å²) in [6.07, 6.45) is 0. The van der Waals surface area contributed by atoms with Gasteiger partial charge >= 0.3 is 46.6 Å². The van der Waals surface area contributed by atoms with Crippen LogP contribution < -0.4 is 0 Å². The molecule has 186 valence electrons. The Morgan fingerprint density at radius 1 is 0.484 bits per heavy atom. The number of halogens is 8. The summed E-state index contributed by atoms with van der Waals surface area (Å²) in [5.74, 6) is 0. The topological polar surface area (TPSA) is 111 Å². The maximum atomic E-state index is 15.2. The second kappa shape index (κ2) is 10.9. The Balaban J connectivity index is 4.30. The van der Waals surface area contributed by atoms with Crippen molar-refractivity contribution >= 4 is 46.6 Å². The molecule has 1 rings (SSSR count). The van der Waals surface area contributed by atoms with Crippen LogP contribution in [0.25, 0.3) is 0 Å². The van der Waals surface area contributed by atoms with Crippen molar-refractivity contribution in [1.82, 2.24) is 0 Å². The third kappa shape index (κ3) is 9.44. The number of nitrogens with zero attached hydrogens (tertiary/aromatic N) is 6. The van der Waals surface area contributed by atoms with Gasteiger partial charge in [0.1, 0.15) is 0 Å². The van der Waals surface area contributed by atoms with Gasteiger partial charge in [0, 0.05) is 7.11 Å². The van der Waals surface area contributed by atoms with E-state index in [1.807, 2.05) is 0 Å². The molecule has 31 heavy (non-hydrogen) atoms. The monoisotopic (exact) mass is 588 g/mol. The molecular weight excluding hydrogens is 570 g/mol. The molecule has 0 saturated carbocycles. The van der Waals surface area contributed by atoms with Crippen molar-refractivity contribution in [2.24, 2.45) is 27.1 Å². The molecule has 0 spiro atoms. The number of hydrogen-bond donors (Lipinski definition) is 0. The van der Waals surface area contributed by atoms with Gasteiger partial charge in [0.15, 0.2) is 0 Å². The molecule has 24 heteroatoms. The molecule has 4 unspecified atom stereocenters. The third-order valence-corrected chi connectivity index (χ3v) is 15.2. The van der Waals surface area contributed by atoms with Gasteiger partial charge in [-0.3, -0.25) is 0 Å². The van der Waals surface area contributed by atoms with Crippen LogP contribution >= 0.6 is 46.6 Å². The predicted octanol–water partition coefficient (Wildman–Crippen LogP) is 11.2. The highest BCUT2D eigenvalue weighted by atomic mass is 31.3. The molecule has 0 saturated heterocycles. The molecule has 0 aromatic rings. The van der Waals surface area contributed by atoms with Gasteiger partial charge in [-0.25, -0.2) is 0 Å². The Labute approximate surface area is 173 Å². The van der Waals surface area contributed by atoms with E-state index < -0.39 is 66.4 Å². The Bertz CT molecular complexity index is 1010. The molecule has 0 fully saturated rings. The van der Waals surface area contributed by atoms with Crippen LogP contribution in [0.4, 0.5) is 33.6 Å². The lowest BCUT2D eigenvalue weighted by Gasteiger charge is -2.19. The molecule has 0 aromatic heterocycles. The molecule has 4 atom stereocenters. The van der Waals surface area contributed by atoms with Crippen LogP contribution in [0.1, 0.15) is 20.8 Å². The largest absolute Gasteiger partial charge is 0.425 e. The van der Waals surface area contributed by atoms with Crippen molar-refractivity contribution in [3.05, 3.63) is 0 Å². The lowest BCUT2D eigenvalue weighted by molar-refractivity contribution is 0.337. The number of hydrogen-bond acceptors (Lipinski definition) is 10. The van der Waals surface area contributed by atoms with Crippen LogP contribution in [0, 0.1) is 0 Å². The summed E-state index contributed by atoms with van der Waals surface area (Å²) < 4.78 is 148. The average molecular weight is 588 g/mol.